The zero-order chi connectivity index (χ0) is 22.6. The second-order valence-corrected chi connectivity index (χ2v) is 9.46. The summed E-state index contributed by atoms with van der Waals surface area (Å²) in [5.74, 6) is 0.847. The molecule has 0 spiro atoms. The van der Waals surface area contributed by atoms with E-state index >= 15 is 0 Å². The van der Waals surface area contributed by atoms with Crippen LogP contribution >= 0.6 is 11.6 Å². The molecule has 0 N–H and O–H groups in total. The van der Waals surface area contributed by atoms with Gasteiger partial charge >= 0.3 is 0 Å². The third-order valence-electron chi connectivity index (χ3n) is 6.36. The molecule has 172 valence electrons. The molecule has 0 aliphatic carbocycles. The van der Waals surface area contributed by atoms with Gasteiger partial charge in [-0.15, -0.1) is 0 Å². The number of likely N-dealkylation sites (tertiary alicyclic amines) is 2. The first-order valence-electron chi connectivity index (χ1n) is 11.3. The van der Waals surface area contributed by atoms with E-state index in [2.05, 4.69) is 5.16 Å². The van der Waals surface area contributed by atoms with Crippen LogP contribution in [0.2, 0.25) is 5.02 Å². The lowest BCUT2D eigenvalue weighted by Crippen LogP contribution is -2.51. The lowest BCUT2D eigenvalue weighted by molar-refractivity contribution is -0.136. The molecule has 0 unspecified atom stereocenters. The van der Waals surface area contributed by atoms with Crippen molar-refractivity contribution >= 4 is 23.4 Å². The van der Waals surface area contributed by atoms with Crippen LogP contribution in [0.4, 0.5) is 0 Å². The molecule has 32 heavy (non-hydrogen) atoms. The molecule has 4 rings (SSSR count). The van der Waals surface area contributed by atoms with Gasteiger partial charge in [0, 0.05) is 49.1 Å². The predicted octanol–water partition coefficient (Wildman–Crippen LogP) is 4.34. The van der Waals surface area contributed by atoms with Gasteiger partial charge in [-0.3, -0.25) is 9.59 Å². The Bertz CT molecular complexity index is 956. The molecule has 0 saturated carbocycles. The lowest BCUT2D eigenvalue weighted by atomic mass is 9.77. The summed E-state index contributed by atoms with van der Waals surface area (Å²) in [5.41, 5.74) is 0.195. The van der Waals surface area contributed by atoms with Gasteiger partial charge in [0.15, 0.2) is 0 Å². The van der Waals surface area contributed by atoms with Crippen molar-refractivity contribution in [3.8, 4) is 5.75 Å². The topological polar surface area (TPSA) is 75.9 Å². The largest absolute Gasteiger partial charge is 0.493 e. The molecule has 0 bridgehead atoms. The highest BCUT2D eigenvalue weighted by Gasteiger charge is 2.41. The Morgan fingerprint density at radius 1 is 1.12 bits per heavy atom. The lowest BCUT2D eigenvalue weighted by Gasteiger charge is -2.43. The van der Waals surface area contributed by atoms with Crippen molar-refractivity contribution < 1.29 is 18.8 Å². The van der Waals surface area contributed by atoms with Crippen LogP contribution < -0.4 is 4.74 Å². The van der Waals surface area contributed by atoms with Crippen molar-refractivity contribution in [1.82, 2.24) is 15.0 Å². The summed E-state index contributed by atoms with van der Waals surface area (Å²) in [6.45, 7) is 4.80. The monoisotopic (exact) mass is 459 g/mol. The van der Waals surface area contributed by atoms with Crippen LogP contribution in [-0.4, -0.2) is 59.6 Å². The van der Waals surface area contributed by atoms with Gasteiger partial charge in [-0.2, -0.15) is 0 Å². The maximum atomic E-state index is 13.2. The average Bonchev–Trinajstić information content (AvgIpc) is 3.24. The first-order chi connectivity index (χ1) is 15.4. The Kier molecular flexibility index (Phi) is 7.04. The second kappa shape index (κ2) is 9.94. The average molecular weight is 460 g/mol. The number of piperidine rings is 2. The standard InChI is InChI=1S/C24H30ClN3O4/c1-18-13-21(32-26-18)23(30)28-12-6-9-24(16-28,15-22(29)27-10-3-2-4-11-27)17-31-20-8-5-7-19(25)14-20/h5,7-8,13-14H,2-4,6,9-12,15-17H2,1H3/t24-/m1/s1. The van der Waals surface area contributed by atoms with Crippen LogP contribution in [0.3, 0.4) is 0 Å². The van der Waals surface area contributed by atoms with Gasteiger partial charge in [0.1, 0.15) is 5.75 Å². The van der Waals surface area contributed by atoms with Crippen LogP contribution in [-0.2, 0) is 4.79 Å². The van der Waals surface area contributed by atoms with Crippen LogP contribution in [0.15, 0.2) is 34.9 Å². The maximum absolute atomic E-state index is 13.2. The van der Waals surface area contributed by atoms with Crippen molar-refractivity contribution in [1.29, 1.82) is 0 Å². The van der Waals surface area contributed by atoms with Crippen LogP contribution in [0.1, 0.15) is 54.8 Å². The molecule has 2 aliphatic rings. The summed E-state index contributed by atoms with van der Waals surface area (Å²) in [6, 6.07) is 8.91. The summed E-state index contributed by atoms with van der Waals surface area (Å²) >= 11 is 6.11. The maximum Gasteiger partial charge on any atom is 0.292 e. The third-order valence-corrected chi connectivity index (χ3v) is 6.60. The molecule has 2 aromatic rings. The van der Waals surface area contributed by atoms with Crippen molar-refractivity contribution in [3.63, 3.8) is 0 Å². The molecule has 2 fully saturated rings. The Morgan fingerprint density at radius 2 is 1.91 bits per heavy atom. The van der Waals surface area contributed by atoms with E-state index in [1.54, 1.807) is 30.0 Å². The molecule has 7 nitrogen and oxygen atoms in total. The molecule has 1 aromatic heterocycles. The highest BCUT2D eigenvalue weighted by molar-refractivity contribution is 6.30. The van der Waals surface area contributed by atoms with E-state index in [1.807, 2.05) is 17.0 Å². The van der Waals surface area contributed by atoms with E-state index in [4.69, 9.17) is 20.9 Å². The van der Waals surface area contributed by atoms with Crippen molar-refractivity contribution in [2.45, 2.75) is 45.4 Å². The van der Waals surface area contributed by atoms with Gasteiger partial charge < -0.3 is 19.1 Å². The molecule has 3 heterocycles. The van der Waals surface area contributed by atoms with E-state index in [-0.39, 0.29) is 17.6 Å². The van der Waals surface area contributed by atoms with Gasteiger partial charge in [-0.05, 0) is 57.2 Å². The van der Waals surface area contributed by atoms with Gasteiger partial charge in [0.2, 0.25) is 11.7 Å². The van der Waals surface area contributed by atoms with E-state index in [0.29, 0.717) is 42.6 Å². The van der Waals surface area contributed by atoms with Crippen molar-refractivity contribution in [2.24, 2.45) is 5.41 Å². The molecule has 2 saturated heterocycles. The van der Waals surface area contributed by atoms with Crippen LogP contribution in [0.25, 0.3) is 0 Å². The SMILES string of the molecule is Cc1cc(C(=O)N2CCC[C@@](COc3cccc(Cl)c3)(CC(=O)N3CCCCC3)C2)on1. The van der Waals surface area contributed by atoms with Crippen LogP contribution in [0, 0.1) is 12.3 Å². The molecule has 8 heteroatoms. The van der Waals surface area contributed by atoms with Gasteiger partial charge in [-0.1, -0.05) is 22.8 Å². The second-order valence-electron chi connectivity index (χ2n) is 9.03. The molecule has 2 amide bonds. The highest BCUT2D eigenvalue weighted by atomic mass is 35.5. The van der Waals surface area contributed by atoms with Crippen molar-refractivity contribution in [3.05, 3.63) is 46.8 Å². The summed E-state index contributed by atoms with van der Waals surface area (Å²) in [4.78, 5) is 30.0. The Labute approximate surface area is 193 Å². The molecule has 0 radical (unpaired) electrons. The molecule has 1 aromatic carbocycles. The first-order valence-corrected chi connectivity index (χ1v) is 11.7. The zero-order valence-electron chi connectivity index (χ0n) is 18.5. The number of hydrogen-bond acceptors (Lipinski definition) is 5. The smallest absolute Gasteiger partial charge is 0.292 e. The number of nitrogens with zero attached hydrogens (tertiary/aromatic N) is 3. The zero-order valence-corrected chi connectivity index (χ0v) is 19.3. The van der Waals surface area contributed by atoms with Crippen LogP contribution in [0.5, 0.6) is 5.75 Å². The first kappa shape index (κ1) is 22.6. The predicted molar refractivity (Wildman–Crippen MR) is 121 cm³/mol. The van der Waals surface area contributed by atoms with Gasteiger partial charge in [-0.25, -0.2) is 0 Å². The minimum Gasteiger partial charge on any atom is -0.493 e. The fourth-order valence-electron chi connectivity index (χ4n) is 4.68. The Hall–Kier alpha value is -2.54. The molecule has 1 atom stereocenters. The minimum atomic E-state index is -0.472. The Morgan fingerprint density at radius 3 is 2.62 bits per heavy atom. The van der Waals surface area contributed by atoms with E-state index < -0.39 is 5.41 Å². The number of aromatic nitrogens is 1. The number of halogens is 1. The summed E-state index contributed by atoms with van der Waals surface area (Å²) in [5, 5.41) is 4.44. The minimum absolute atomic E-state index is 0.143. The quantitative estimate of drug-likeness (QED) is 0.642. The number of amides is 2. The number of hydrogen-bond donors (Lipinski definition) is 0. The highest BCUT2D eigenvalue weighted by Crippen LogP contribution is 2.36. The van der Waals surface area contributed by atoms with E-state index in [1.165, 1.54) is 6.42 Å². The number of carbonyl (C=O) groups excluding carboxylic acids is 2. The van der Waals surface area contributed by atoms with E-state index in [9.17, 15) is 9.59 Å². The number of benzene rings is 1. The summed E-state index contributed by atoms with van der Waals surface area (Å²) in [7, 11) is 0. The fourth-order valence-corrected chi connectivity index (χ4v) is 4.86. The summed E-state index contributed by atoms with van der Waals surface area (Å²) < 4.78 is 11.3. The molecular weight excluding hydrogens is 430 g/mol. The normalized spacial score (nSPS) is 21.4. The third kappa shape index (κ3) is 5.44. The molecular formula is C24H30ClN3O4. The van der Waals surface area contributed by atoms with Crippen molar-refractivity contribution in [2.75, 3.05) is 32.8 Å². The number of rotatable bonds is 6. The Balaban J connectivity index is 1.52. The number of ether oxygens (including phenoxy) is 1. The van der Waals surface area contributed by atoms with E-state index in [0.717, 1.165) is 38.8 Å². The van der Waals surface area contributed by atoms with Gasteiger partial charge in [0.05, 0.1) is 12.3 Å². The van der Waals surface area contributed by atoms with Gasteiger partial charge in [0.25, 0.3) is 5.91 Å². The fraction of sp³-hybridized carbons (Fsp3) is 0.542. The number of carbonyl (C=O) groups is 2. The molecule has 2 aliphatic heterocycles. The summed E-state index contributed by atoms with van der Waals surface area (Å²) in [6.07, 6.45) is 5.23. The number of aryl methyl sites for hydroxylation is 1.